The first kappa shape index (κ1) is 10.6. The Morgan fingerprint density at radius 2 is 2.13 bits per heavy atom. The third-order valence-corrected chi connectivity index (χ3v) is 2.87. The molecule has 0 heterocycles. The van der Waals surface area contributed by atoms with E-state index >= 15 is 0 Å². The summed E-state index contributed by atoms with van der Waals surface area (Å²) in [5.74, 6) is -0.205. The standard InChI is InChI=1S/C12H10BrFO/c1-15-7-8-5-9-3-2-4-11(14)12(9)10(13)6-8/h2-6H,7H2,1H3. The summed E-state index contributed by atoms with van der Waals surface area (Å²) in [4.78, 5) is 0. The van der Waals surface area contributed by atoms with Gasteiger partial charge in [-0.1, -0.05) is 28.1 Å². The highest BCUT2D eigenvalue weighted by Crippen LogP contribution is 2.28. The van der Waals surface area contributed by atoms with Gasteiger partial charge in [-0.2, -0.15) is 0 Å². The molecular weight excluding hydrogens is 259 g/mol. The average Bonchev–Trinajstić information content (AvgIpc) is 2.17. The SMILES string of the molecule is COCc1cc(Br)c2c(F)cccc2c1. The minimum Gasteiger partial charge on any atom is -0.380 e. The van der Waals surface area contributed by atoms with E-state index in [4.69, 9.17) is 4.74 Å². The Morgan fingerprint density at radius 3 is 2.87 bits per heavy atom. The molecule has 0 spiro atoms. The summed E-state index contributed by atoms with van der Waals surface area (Å²) in [6.07, 6.45) is 0. The first-order valence-corrected chi connectivity index (χ1v) is 5.37. The third kappa shape index (κ3) is 2.03. The van der Waals surface area contributed by atoms with Crippen molar-refractivity contribution >= 4 is 26.7 Å². The normalized spacial score (nSPS) is 10.9. The maximum Gasteiger partial charge on any atom is 0.132 e. The highest BCUT2D eigenvalue weighted by molar-refractivity contribution is 9.10. The first-order valence-electron chi connectivity index (χ1n) is 4.58. The van der Waals surface area contributed by atoms with Crippen molar-refractivity contribution in [2.45, 2.75) is 6.61 Å². The van der Waals surface area contributed by atoms with Crippen LogP contribution in [0, 0.1) is 5.82 Å². The number of benzene rings is 2. The molecule has 2 aromatic rings. The van der Waals surface area contributed by atoms with E-state index in [0.717, 1.165) is 15.4 Å². The van der Waals surface area contributed by atoms with Crippen LogP contribution in [-0.4, -0.2) is 7.11 Å². The van der Waals surface area contributed by atoms with Crippen LogP contribution in [0.4, 0.5) is 4.39 Å². The second kappa shape index (κ2) is 4.29. The fourth-order valence-electron chi connectivity index (χ4n) is 1.64. The Balaban J connectivity index is 2.67. The quantitative estimate of drug-likeness (QED) is 0.803. The van der Waals surface area contributed by atoms with Crippen LogP contribution < -0.4 is 0 Å². The molecule has 0 radical (unpaired) electrons. The molecule has 3 heteroatoms. The van der Waals surface area contributed by atoms with Crippen molar-refractivity contribution in [1.82, 2.24) is 0 Å². The molecule has 0 bridgehead atoms. The highest BCUT2D eigenvalue weighted by Gasteiger charge is 2.06. The molecule has 0 N–H and O–H groups in total. The Kier molecular flexibility index (Phi) is 3.03. The zero-order chi connectivity index (χ0) is 10.8. The topological polar surface area (TPSA) is 9.23 Å². The lowest BCUT2D eigenvalue weighted by Gasteiger charge is -2.06. The van der Waals surface area contributed by atoms with Gasteiger partial charge in [-0.25, -0.2) is 4.39 Å². The maximum absolute atomic E-state index is 13.5. The lowest BCUT2D eigenvalue weighted by molar-refractivity contribution is 0.185. The van der Waals surface area contributed by atoms with E-state index < -0.39 is 0 Å². The number of methoxy groups -OCH3 is 1. The summed E-state index contributed by atoms with van der Waals surface area (Å²) < 4.78 is 19.3. The number of halogens is 2. The number of hydrogen-bond acceptors (Lipinski definition) is 1. The van der Waals surface area contributed by atoms with Crippen molar-refractivity contribution in [3.8, 4) is 0 Å². The van der Waals surface area contributed by atoms with E-state index in [9.17, 15) is 4.39 Å². The molecule has 0 atom stereocenters. The van der Waals surface area contributed by atoms with Crippen LogP contribution >= 0.6 is 15.9 Å². The van der Waals surface area contributed by atoms with Crippen molar-refractivity contribution in [3.05, 3.63) is 46.2 Å². The second-order valence-electron chi connectivity index (χ2n) is 3.35. The van der Waals surface area contributed by atoms with Gasteiger partial charge < -0.3 is 4.74 Å². The molecule has 0 saturated carbocycles. The third-order valence-electron chi connectivity index (χ3n) is 2.25. The van der Waals surface area contributed by atoms with Crippen molar-refractivity contribution in [1.29, 1.82) is 0 Å². The Bertz CT molecular complexity index is 496. The lowest BCUT2D eigenvalue weighted by atomic mass is 10.1. The van der Waals surface area contributed by atoms with E-state index in [2.05, 4.69) is 15.9 Å². The molecule has 2 rings (SSSR count). The molecule has 0 fully saturated rings. The largest absolute Gasteiger partial charge is 0.380 e. The van der Waals surface area contributed by atoms with Gasteiger partial charge in [-0.15, -0.1) is 0 Å². The summed E-state index contributed by atoms with van der Waals surface area (Å²) in [6.45, 7) is 0.533. The molecule has 0 aromatic heterocycles. The van der Waals surface area contributed by atoms with Gasteiger partial charge in [0.1, 0.15) is 5.82 Å². The van der Waals surface area contributed by atoms with Gasteiger partial charge in [0.05, 0.1) is 6.61 Å². The average molecular weight is 269 g/mol. The van der Waals surface area contributed by atoms with E-state index in [0.29, 0.717) is 12.0 Å². The highest BCUT2D eigenvalue weighted by atomic mass is 79.9. The van der Waals surface area contributed by atoms with Gasteiger partial charge in [0.2, 0.25) is 0 Å². The fourth-order valence-corrected chi connectivity index (χ4v) is 2.35. The Morgan fingerprint density at radius 1 is 1.33 bits per heavy atom. The predicted molar refractivity (Wildman–Crippen MR) is 62.3 cm³/mol. The van der Waals surface area contributed by atoms with Crippen LogP contribution in [0.1, 0.15) is 5.56 Å². The van der Waals surface area contributed by atoms with Crippen molar-refractivity contribution in [2.24, 2.45) is 0 Å². The maximum atomic E-state index is 13.5. The number of ether oxygens (including phenoxy) is 1. The molecule has 0 aliphatic heterocycles. The molecule has 15 heavy (non-hydrogen) atoms. The van der Waals surface area contributed by atoms with E-state index in [1.807, 2.05) is 18.2 Å². The molecule has 0 amide bonds. The van der Waals surface area contributed by atoms with Crippen LogP contribution in [0.2, 0.25) is 0 Å². The molecule has 0 unspecified atom stereocenters. The number of rotatable bonds is 2. The first-order chi connectivity index (χ1) is 7.22. The Hall–Kier alpha value is -0.930. The van der Waals surface area contributed by atoms with Gasteiger partial charge in [0, 0.05) is 17.0 Å². The van der Waals surface area contributed by atoms with Crippen LogP contribution in [0.25, 0.3) is 10.8 Å². The monoisotopic (exact) mass is 268 g/mol. The van der Waals surface area contributed by atoms with E-state index in [-0.39, 0.29) is 5.82 Å². The lowest BCUT2D eigenvalue weighted by Crippen LogP contribution is -1.89. The van der Waals surface area contributed by atoms with E-state index in [1.165, 1.54) is 6.07 Å². The summed E-state index contributed by atoms with van der Waals surface area (Å²) in [5, 5.41) is 1.51. The number of fused-ring (bicyclic) bond motifs is 1. The molecule has 0 saturated heterocycles. The van der Waals surface area contributed by atoms with Gasteiger partial charge >= 0.3 is 0 Å². The molecule has 2 aromatic carbocycles. The summed E-state index contributed by atoms with van der Waals surface area (Å²) >= 11 is 3.37. The molecule has 0 aliphatic rings. The van der Waals surface area contributed by atoms with Gasteiger partial charge in [-0.05, 0) is 29.1 Å². The van der Waals surface area contributed by atoms with Crippen molar-refractivity contribution in [2.75, 3.05) is 7.11 Å². The molecule has 0 aliphatic carbocycles. The minimum atomic E-state index is -0.205. The summed E-state index contributed by atoms with van der Waals surface area (Å²) in [6, 6.07) is 8.88. The van der Waals surface area contributed by atoms with Crippen LogP contribution in [0.3, 0.4) is 0 Å². The smallest absolute Gasteiger partial charge is 0.132 e. The van der Waals surface area contributed by atoms with Crippen LogP contribution in [0.5, 0.6) is 0 Å². The van der Waals surface area contributed by atoms with Gasteiger partial charge in [0.25, 0.3) is 0 Å². The second-order valence-corrected chi connectivity index (χ2v) is 4.20. The zero-order valence-corrected chi connectivity index (χ0v) is 9.84. The fraction of sp³-hybridized carbons (Fsp3) is 0.167. The zero-order valence-electron chi connectivity index (χ0n) is 8.26. The van der Waals surface area contributed by atoms with Crippen molar-refractivity contribution < 1.29 is 9.13 Å². The van der Waals surface area contributed by atoms with Crippen LogP contribution in [-0.2, 0) is 11.3 Å². The molecule has 1 nitrogen and oxygen atoms in total. The van der Waals surface area contributed by atoms with Gasteiger partial charge in [-0.3, -0.25) is 0 Å². The molecule has 78 valence electrons. The van der Waals surface area contributed by atoms with E-state index in [1.54, 1.807) is 13.2 Å². The number of hydrogen-bond donors (Lipinski definition) is 0. The summed E-state index contributed by atoms with van der Waals surface area (Å²) in [5.41, 5.74) is 1.03. The molecular formula is C12H10BrFO. The van der Waals surface area contributed by atoms with Gasteiger partial charge in [0.15, 0.2) is 0 Å². The van der Waals surface area contributed by atoms with Crippen LogP contribution in [0.15, 0.2) is 34.8 Å². The predicted octanol–water partition coefficient (Wildman–Crippen LogP) is 3.89. The Labute approximate surface area is 96.0 Å². The minimum absolute atomic E-state index is 0.205. The van der Waals surface area contributed by atoms with Crippen molar-refractivity contribution in [3.63, 3.8) is 0 Å². The summed E-state index contributed by atoms with van der Waals surface area (Å²) in [7, 11) is 1.64.